The lowest BCUT2D eigenvalue weighted by atomic mass is 10.0. The Morgan fingerprint density at radius 1 is 1.37 bits per heavy atom. The van der Waals surface area contributed by atoms with Gasteiger partial charge in [-0.05, 0) is 25.3 Å². The Bertz CT molecular complexity index is 405. The minimum absolute atomic E-state index is 0.141. The number of rotatable bonds is 7. The maximum absolute atomic E-state index is 12.0. The molecule has 3 N–H and O–H groups in total. The molecule has 0 aliphatic carbocycles. The zero-order valence-electron chi connectivity index (χ0n) is 12.0. The van der Waals surface area contributed by atoms with E-state index in [-0.39, 0.29) is 5.91 Å². The van der Waals surface area contributed by atoms with E-state index >= 15 is 0 Å². The average Bonchev–Trinajstić information content (AvgIpc) is 2.36. The Hall–Kier alpha value is -1.39. The first-order chi connectivity index (χ1) is 9.04. The van der Waals surface area contributed by atoms with Gasteiger partial charge in [-0.15, -0.1) is 0 Å². The molecule has 0 heterocycles. The third kappa shape index (κ3) is 5.41. The van der Waals surface area contributed by atoms with E-state index in [1.165, 1.54) is 0 Å². The van der Waals surface area contributed by atoms with Crippen molar-refractivity contribution in [1.82, 2.24) is 0 Å². The van der Waals surface area contributed by atoms with Crippen LogP contribution in [0, 0.1) is 5.92 Å². The van der Waals surface area contributed by atoms with E-state index < -0.39 is 6.04 Å². The highest BCUT2D eigenvalue weighted by atomic mass is 16.5. The van der Waals surface area contributed by atoms with Crippen LogP contribution in [0.15, 0.2) is 24.3 Å². The van der Waals surface area contributed by atoms with Crippen molar-refractivity contribution in [2.75, 3.05) is 11.9 Å². The molecule has 4 heteroatoms. The smallest absolute Gasteiger partial charge is 0.241 e. The second-order valence-corrected chi connectivity index (χ2v) is 5.02. The molecular formula is C15H24N2O2. The van der Waals surface area contributed by atoms with Gasteiger partial charge in [0.05, 0.1) is 12.6 Å². The number of hydrogen-bond acceptors (Lipinski definition) is 3. The normalized spacial score (nSPS) is 12.5. The van der Waals surface area contributed by atoms with Crippen molar-refractivity contribution in [1.29, 1.82) is 0 Å². The summed E-state index contributed by atoms with van der Waals surface area (Å²) in [6, 6.07) is 7.16. The first-order valence-electron chi connectivity index (χ1n) is 6.76. The van der Waals surface area contributed by atoms with Gasteiger partial charge >= 0.3 is 0 Å². The molecule has 0 radical (unpaired) electrons. The number of benzene rings is 1. The summed E-state index contributed by atoms with van der Waals surface area (Å²) < 4.78 is 5.38. The third-order valence-electron chi connectivity index (χ3n) is 2.80. The predicted molar refractivity (Wildman–Crippen MR) is 77.8 cm³/mol. The first-order valence-corrected chi connectivity index (χ1v) is 6.76. The molecule has 1 aromatic carbocycles. The average molecular weight is 264 g/mol. The Labute approximate surface area is 115 Å². The van der Waals surface area contributed by atoms with Crippen LogP contribution in [0.2, 0.25) is 0 Å². The van der Waals surface area contributed by atoms with Crippen LogP contribution in [0.1, 0.15) is 32.8 Å². The molecule has 0 saturated heterocycles. The Morgan fingerprint density at radius 2 is 2.05 bits per heavy atom. The quantitative estimate of drug-likeness (QED) is 0.795. The first kappa shape index (κ1) is 15.7. The maximum Gasteiger partial charge on any atom is 0.241 e. The van der Waals surface area contributed by atoms with Crippen LogP contribution >= 0.6 is 0 Å². The molecule has 0 saturated carbocycles. The number of anilines is 1. The van der Waals surface area contributed by atoms with Crippen LogP contribution in [0.5, 0.6) is 0 Å². The van der Waals surface area contributed by atoms with Gasteiger partial charge < -0.3 is 15.8 Å². The van der Waals surface area contributed by atoms with Gasteiger partial charge in [-0.3, -0.25) is 4.79 Å². The zero-order valence-corrected chi connectivity index (χ0v) is 12.0. The van der Waals surface area contributed by atoms with Gasteiger partial charge in [-0.1, -0.05) is 32.0 Å². The van der Waals surface area contributed by atoms with E-state index in [4.69, 9.17) is 10.5 Å². The SMILES string of the molecule is CCOCc1ccccc1NC(=O)C(N)CC(C)C. The van der Waals surface area contributed by atoms with Crippen molar-refractivity contribution in [2.45, 2.75) is 39.8 Å². The summed E-state index contributed by atoms with van der Waals surface area (Å²) in [5.74, 6) is 0.261. The van der Waals surface area contributed by atoms with E-state index in [1.54, 1.807) is 0 Å². The number of carbonyl (C=O) groups excluding carboxylic acids is 1. The molecule has 0 aliphatic rings. The lowest BCUT2D eigenvalue weighted by Gasteiger charge is -2.16. The van der Waals surface area contributed by atoms with E-state index in [0.717, 1.165) is 11.3 Å². The summed E-state index contributed by atoms with van der Waals surface area (Å²) in [4.78, 5) is 12.0. The monoisotopic (exact) mass is 264 g/mol. The van der Waals surface area contributed by atoms with Crippen LogP contribution in [0.3, 0.4) is 0 Å². The second kappa shape index (κ2) is 7.92. The fourth-order valence-electron chi connectivity index (χ4n) is 1.82. The Kier molecular flexibility index (Phi) is 6.53. The van der Waals surface area contributed by atoms with Crippen LogP contribution in [-0.4, -0.2) is 18.6 Å². The van der Waals surface area contributed by atoms with Crippen molar-refractivity contribution in [3.05, 3.63) is 29.8 Å². The van der Waals surface area contributed by atoms with E-state index in [2.05, 4.69) is 19.2 Å². The molecule has 0 aliphatic heterocycles. The van der Waals surface area contributed by atoms with Gasteiger partial charge in [-0.25, -0.2) is 0 Å². The van der Waals surface area contributed by atoms with Gasteiger partial charge in [0.25, 0.3) is 0 Å². The van der Waals surface area contributed by atoms with Crippen molar-refractivity contribution in [2.24, 2.45) is 11.7 Å². The minimum atomic E-state index is -0.472. The van der Waals surface area contributed by atoms with Crippen molar-refractivity contribution >= 4 is 11.6 Å². The molecule has 1 amide bonds. The third-order valence-corrected chi connectivity index (χ3v) is 2.80. The predicted octanol–water partition coefficient (Wildman–Crippen LogP) is 2.54. The number of ether oxygens (including phenoxy) is 1. The molecule has 0 aromatic heterocycles. The molecule has 106 valence electrons. The molecular weight excluding hydrogens is 240 g/mol. The molecule has 1 unspecified atom stereocenters. The number of para-hydroxylation sites is 1. The van der Waals surface area contributed by atoms with Crippen LogP contribution in [-0.2, 0) is 16.1 Å². The summed E-state index contributed by atoms with van der Waals surface area (Å²) in [6.07, 6.45) is 0.680. The molecule has 0 fully saturated rings. The number of nitrogens with one attached hydrogen (secondary N) is 1. The molecule has 0 bridgehead atoms. The summed E-state index contributed by atoms with van der Waals surface area (Å²) in [7, 11) is 0. The van der Waals surface area contributed by atoms with Gasteiger partial charge in [0.2, 0.25) is 5.91 Å². The summed E-state index contributed by atoms with van der Waals surface area (Å²) in [6.45, 7) is 7.19. The number of hydrogen-bond donors (Lipinski definition) is 2. The van der Waals surface area contributed by atoms with E-state index in [9.17, 15) is 4.79 Å². The van der Waals surface area contributed by atoms with Crippen LogP contribution in [0.4, 0.5) is 5.69 Å². The summed E-state index contributed by atoms with van der Waals surface area (Å²) >= 11 is 0. The molecule has 1 aromatic rings. The highest BCUT2D eigenvalue weighted by Gasteiger charge is 2.16. The van der Waals surface area contributed by atoms with Crippen LogP contribution in [0.25, 0.3) is 0 Å². The lowest BCUT2D eigenvalue weighted by Crippen LogP contribution is -2.36. The number of nitrogens with two attached hydrogens (primary N) is 1. The summed E-state index contributed by atoms with van der Waals surface area (Å²) in [5.41, 5.74) is 7.62. The van der Waals surface area contributed by atoms with Gasteiger partial charge in [0.1, 0.15) is 0 Å². The van der Waals surface area contributed by atoms with Crippen molar-refractivity contribution in [3.8, 4) is 0 Å². The standard InChI is InChI=1S/C15H24N2O2/c1-4-19-10-12-7-5-6-8-14(12)17-15(18)13(16)9-11(2)3/h5-8,11,13H,4,9-10,16H2,1-3H3,(H,17,18). The molecule has 4 nitrogen and oxygen atoms in total. The van der Waals surface area contributed by atoms with E-state index in [1.807, 2.05) is 31.2 Å². The summed E-state index contributed by atoms with van der Waals surface area (Å²) in [5, 5.41) is 2.88. The number of carbonyl (C=O) groups is 1. The highest BCUT2D eigenvalue weighted by molar-refractivity contribution is 5.95. The highest BCUT2D eigenvalue weighted by Crippen LogP contribution is 2.17. The second-order valence-electron chi connectivity index (χ2n) is 5.02. The van der Waals surface area contributed by atoms with Gasteiger partial charge in [-0.2, -0.15) is 0 Å². The Morgan fingerprint density at radius 3 is 2.68 bits per heavy atom. The van der Waals surface area contributed by atoms with Gasteiger partial charge in [0.15, 0.2) is 0 Å². The van der Waals surface area contributed by atoms with Crippen molar-refractivity contribution in [3.63, 3.8) is 0 Å². The zero-order chi connectivity index (χ0) is 14.3. The molecule has 1 atom stereocenters. The Balaban J connectivity index is 2.67. The molecule has 1 rings (SSSR count). The molecule has 0 spiro atoms. The van der Waals surface area contributed by atoms with Crippen molar-refractivity contribution < 1.29 is 9.53 Å². The number of amides is 1. The lowest BCUT2D eigenvalue weighted by molar-refractivity contribution is -0.117. The fourth-order valence-corrected chi connectivity index (χ4v) is 1.82. The van der Waals surface area contributed by atoms with Gasteiger partial charge in [0, 0.05) is 17.9 Å². The minimum Gasteiger partial charge on any atom is -0.377 e. The van der Waals surface area contributed by atoms with E-state index in [0.29, 0.717) is 25.6 Å². The fraction of sp³-hybridized carbons (Fsp3) is 0.533. The largest absolute Gasteiger partial charge is 0.377 e. The molecule has 19 heavy (non-hydrogen) atoms. The van der Waals surface area contributed by atoms with Crippen LogP contribution < -0.4 is 11.1 Å². The maximum atomic E-state index is 12.0. The topological polar surface area (TPSA) is 64.3 Å².